The van der Waals surface area contributed by atoms with Gasteiger partial charge >= 0.3 is 0 Å². The van der Waals surface area contributed by atoms with Crippen LogP contribution in [-0.4, -0.2) is 31.1 Å². The Kier molecular flexibility index (Phi) is 4.58. The summed E-state index contributed by atoms with van der Waals surface area (Å²) in [6.45, 7) is 0. The van der Waals surface area contributed by atoms with Crippen LogP contribution < -0.4 is 9.47 Å². The van der Waals surface area contributed by atoms with Crippen molar-refractivity contribution in [1.82, 2.24) is 4.90 Å². The maximum Gasteiger partial charge on any atom is 0.254 e. The Balaban J connectivity index is 1.71. The summed E-state index contributed by atoms with van der Waals surface area (Å²) in [6, 6.07) is 14.5. The summed E-state index contributed by atoms with van der Waals surface area (Å²) in [5.41, 5.74) is 3.33. The van der Waals surface area contributed by atoms with Crippen molar-refractivity contribution in [2.45, 2.75) is 44.2 Å². The summed E-state index contributed by atoms with van der Waals surface area (Å²) in [4.78, 5) is 15.6. The van der Waals surface area contributed by atoms with E-state index in [0.717, 1.165) is 32.1 Å². The Morgan fingerprint density at radius 1 is 1.00 bits per heavy atom. The first-order chi connectivity index (χ1) is 12.7. The van der Waals surface area contributed by atoms with Crippen LogP contribution in [0, 0.1) is 0 Å². The van der Waals surface area contributed by atoms with Crippen molar-refractivity contribution in [2.75, 3.05) is 14.2 Å². The molecule has 0 N–H and O–H groups in total. The molecule has 2 aromatic carbocycles. The van der Waals surface area contributed by atoms with Crippen LogP contribution in [0.1, 0.15) is 53.2 Å². The van der Waals surface area contributed by atoms with Crippen LogP contribution in [0.5, 0.6) is 11.5 Å². The Labute approximate surface area is 154 Å². The molecule has 1 amide bonds. The minimum atomic E-state index is 0.0754. The molecular formula is C22H25NO3. The molecule has 0 aromatic heterocycles. The lowest BCUT2D eigenvalue weighted by Crippen LogP contribution is -2.38. The highest BCUT2D eigenvalue weighted by Crippen LogP contribution is 2.42. The van der Waals surface area contributed by atoms with Crippen LogP contribution >= 0.6 is 0 Å². The number of fused-ring (bicyclic) bond motifs is 1. The fourth-order valence-corrected chi connectivity index (χ4v) is 4.01. The largest absolute Gasteiger partial charge is 0.497 e. The van der Waals surface area contributed by atoms with Crippen LogP contribution in [0.25, 0.3) is 0 Å². The lowest BCUT2D eigenvalue weighted by molar-refractivity contribution is 0.0637. The molecule has 1 atom stereocenters. The molecule has 136 valence electrons. The van der Waals surface area contributed by atoms with Crippen molar-refractivity contribution in [3.63, 3.8) is 0 Å². The van der Waals surface area contributed by atoms with Gasteiger partial charge in [0.05, 0.1) is 20.3 Å². The van der Waals surface area contributed by atoms with Crippen molar-refractivity contribution < 1.29 is 14.3 Å². The average Bonchev–Trinajstić information content (AvgIpc) is 3.53. The van der Waals surface area contributed by atoms with Gasteiger partial charge in [-0.25, -0.2) is 0 Å². The van der Waals surface area contributed by atoms with Crippen molar-refractivity contribution >= 4 is 5.91 Å². The number of hydrogen-bond acceptors (Lipinski definition) is 3. The number of aryl methyl sites for hydroxylation is 1. The predicted molar refractivity (Wildman–Crippen MR) is 101 cm³/mol. The number of ether oxygens (including phenoxy) is 2. The number of benzene rings is 2. The van der Waals surface area contributed by atoms with Gasteiger partial charge in [0.2, 0.25) is 0 Å². The quantitative estimate of drug-likeness (QED) is 0.802. The monoisotopic (exact) mass is 351 g/mol. The second-order valence-electron chi connectivity index (χ2n) is 7.15. The van der Waals surface area contributed by atoms with E-state index in [1.165, 1.54) is 11.1 Å². The normalized spacial score (nSPS) is 18.8. The first kappa shape index (κ1) is 17.0. The first-order valence-corrected chi connectivity index (χ1v) is 9.35. The number of carbonyl (C=O) groups is 1. The number of hydrogen-bond donors (Lipinski definition) is 0. The minimum absolute atomic E-state index is 0.0754. The third-order valence-corrected chi connectivity index (χ3v) is 5.45. The second kappa shape index (κ2) is 7.02. The molecule has 4 nitrogen and oxygen atoms in total. The Bertz CT molecular complexity index is 791. The van der Waals surface area contributed by atoms with E-state index in [-0.39, 0.29) is 11.9 Å². The van der Waals surface area contributed by atoms with Gasteiger partial charge in [-0.05, 0) is 55.4 Å². The van der Waals surface area contributed by atoms with E-state index in [0.29, 0.717) is 23.1 Å². The fourth-order valence-electron chi connectivity index (χ4n) is 4.01. The van der Waals surface area contributed by atoms with Gasteiger partial charge in [0, 0.05) is 17.7 Å². The molecule has 2 aliphatic rings. The zero-order valence-electron chi connectivity index (χ0n) is 15.4. The van der Waals surface area contributed by atoms with Crippen molar-refractivity contribution in [3.8, 4) is 11.5 Å². The zero-order valence-corrected chi connectivity index (χ0v) is 15.4. The van der Waals surface area contributed by atoms with Gasteiger partial charge < -0.3 is 14.4 Å². The zero-order chi connectivity index (χ0) is 18.1. The van der Waals surface area contributed by atoms with Gasteiger partial charge in [-0.2, -0.15) is 0 Å². The van der Waals surface area contributed by atoms with Crippen LogP contribution in [0.15, 0.2) is 42.5 Å². The molecule has 1 unspecified atom stereocenters. The first-order valence-electron chi connectivity index (χ1n) is 9.35. The summed E-state index contributed by atoms with van der Waals surface area (Å²) < 4.78 is 10.7. The van der Waals surface area contributed by atoms with Crippen molar-refractivity contribution in [3.05, 3.63) is 59.2 Å². The van der Waals surface area contributed by atoms with E-state index >= 15 is 0 Å². The summed E-state index contributed by atoms with van der Waals surface area (Å²) in [6.07, 6.45) is 5.43. The maximum absolute atomic E-state index is 13.5. The molecule has 0 spiro atoms. The Morgan fingerprint density at radius 3 is 2.35 bits per heavy atom. The molecule has 1 fully saturated rings. The van der Waals surface area contributed by atoms with Gasteiger partial charge in [-0.15, -0.1) is 0 Å². The Morgan fingerprint density at radius 2 is 1.69 bits per heavy atom. The van der Waals surface area contributed by atoms with Crippen LogP contribution in [-0.2, 0) is 6.42 Å². The van der Waals surface area contributed by atoms with Crippen LogP contribution in [0.4, 0.5) is 0 Å². The summed E-state index contributed by atoms with van der Waals surface area (Å²) in [5.74, 6) is 1.37. The van der Waals surface area contributed by atoms with Crippen molar-refractivity contribution in [2.24, 2.45) is 0 Å². The molecule has 4 heteroatoms. The molecule has 4 rings (SSSR count). The molecule has 0 radical (unpaired) electrons. The van der Waals surface area contributed by atoms with E-state index in [1.807, 2.05) is 12.1 Å². The van der Waals surface area contributed by atoms with E-state index in [2.05, 4.69) is 29.2 Å². The fraction of sp³-hybridized carbons (Fsp3) is 0.409. The summed E-state index contributed by atoms with van der Waals surface area (Å²) in [7, 11) is 3.22. The van der Waals surface area contributed by atoms with E-state index in [4.69, 9.17) is 9.47 Å². The number of amides is 1. The van der Waals surface area contributed by atoms with Gasteiger partial charge in [0.25, 0.3) is 5.91 Å². The maximum atomic E-state index is 13.5. The minimum Gasteiger partial charge on any atom is -0.497 e. The van der Waals surface area contributed by atoms with Crippen molar-refractivity contribution in [1.29, 1.82) is 0 Å². The third-order valence-electron chi connectivity index (χ3n) is 5.45. The average molecular weight is 351 g/mol. The number of nitrogens with zero attached hydrogens (tertiary/aromatic N) is 1. The molecule has 0 saturated heterocycles. The Hall–Kier alpha value is -2.49. The third kappa shape index (κ3) is 3.16. The molecule has 0 bridgehead atoms. The molecular weight excluding hydrogens is 326 g/mol. The van der Waals surface area contributed by atoms with Crippen LogP contribution in [0.2, 0.25) is 0 Å². The standard InChI is InChI=1S/C22H25NO3/c1-25-18-12-16(13-19(14-18)26-2)22(24)23(17-10-11-17)21-9-5-7-15-6-3-4-8-20(15)21/h3-4,6,8,12-14,17,21H,5,7,9-11H2,1-2H3. The molecule has 26 heavy (non-hydrogen) atoms. The molecule has 2 aromatic rings. The van der Waals surface area contributed by atoms with Gasteiger partial charge in [-0.1, -0.05) is 24.3 Å². The number of carbonyl (C=O) groups excluding carboxylic acids is 1. The van der Waals surface area contributed by atoms with E-state index < -0.39 is 0 Å². The highest BCUT2D eigenvalue weighted by molar-refractivity contribution is 5.96. The van der Waals surface area contributed by atoms with Gasteiger partial charge in [0.15, 0.2) is 0 Å². The number of methoxy groups -OCH3 is 2. The molecule has 0 aliphatic heterocycles. The highest BCUT2D eigenvalue weighted by atomic mass is 16.5. The molecule has 1 saturated carbocycles. The van der Waals surface area contributed by atoms with Gasteiger partial charge in [-0.3, -0.25) is 4.79 Å². The second-order valence-corrected chi connectivity index (χ2v) is 7.15. The predicted octanol–water partition coefficient (Wildman–Crippen LogP) is 4.39. The SMILES string of the molecule is COc1cc(OC)cc(C(=O)N(C2CC2)C2CCCc3ccccc32)c1. The number of rotatable bonds is 5. The van der Waals surface area contributed by atoms with Gasteiger partial charge in [0.1, 0.15) is 11.5 Å². The smallest absolute Gasteiger partial charge is 0.254 e. The van der Waals surface area contributed by atoms with E-state index in [1.54, 1.807) is 20.3 Å². The lowest BCUT2D eigenvalue weighted by Gasteiger charge is -2.36. The topological polar surface area (TPSA) is 38.8 Å². The van der Waals surface area contributed by atoms with E-state index in [9.17, 15) is 4.79 Å². The highest BCUT2D eigenvalue weighted by Gasteiger charge is 2.40. The lowest BCUT2D eigenvalue weighted by atomic mass is 9.86. The van der Waals surface area contributed by atoms with Crippen LogP contribution in [0.3, 0.4) is 0 Å². The molecule has 0 heterocycles. The molecule has 2 aliphatic carbocycles. The summed E-state index contributed by atoms with van der Waals surface area (Å²) >= 11 is 0. The summed E-state index contributed by atoms with van der Waals surface area (Å²) in [5, 5.41) is 0.